The Morgan fingerprint density at radius 3 is 2.19 bits per heavy atom. The molecule has 1 saturated heterocycles. The Balaban J connectivity index is 1.42. The van der Waals surface area contributed by atoms with E-state index in [1.54, 1.807) is 6.20 Å². The highest BCUT2D eigenvalue weighted by Gasteiger charge is 2.35. The van der Waals surface area contributed by atoms with E-state index in [0.717, 1.165) is 28.6 Å². The molecule has 0 spiro atoms. The molecule has 0 saturated carbocycles. The van der Waals surface area contributed by atoms with E-state index in [-0.39, 0.29) is 23.7 Å². The molecule has 0 aliphatic carbocycles. The summed E-state index contributed by atoms with van der Waals surface area (Å²) in [5.41, 5.74) is -1.30. The fourth-order valence-corrected chi connectivity index (χ4v) is 5.83. The van der Waals surface area contributed by atoms with Crippen LogP contribution < -0.4 is 4.90 Å². The number of aromatic nitrogens is 6. The Morgan fingerprint density at radius 1 is 0.917 bits per heavy atom. The number of halogens is 3. The summed E-state index contributed by atoms with van der Waals surface area (Å²) in [4.78, 5) is 1.94. The fourth-order valence-electron chi connectivity index (χ4n) is 4.91. The minimum atomic E-state index is -1.63. The molecule has 20 heteroatoms. The zero-order valence-corrected chi connectivity index (χ0v) is 27.0. The second-order valence-corrected chi connectivity index (χ2v) is 12.2. The molecule has 1 aromatic carbocycles. The van der Waals surface area contributed by atoms with E-state index in [1.807, 2.05) is 4.90 Å². The third-order valence-electron chi connectivity index (χ3n) is 7.59. The van der Waals surface area contributed by atoms with Gasteiger partial charge in [-0.15, -0.1) is 10.2 Å². The first kappa shape index (κ1) is 37.9. The van der Waals surface area contributed by atoms with Gasteiger partial charge in [-0.2, -0.15) is 0 Å². The molecule has 4 rings (SSSR count). The number of anilines is 1. The standard InChI is InChI=1S/C28H40F3N7O9S/c1-15(41)22(12-39)47-28(21(43)10-37-9-20(32-34-37)17-7-18(29)25(31)19(30)8-17)48-14-46-23(13-40)27(44)26(16(2)42)38-11-24(33-35-38)36-3-5-45-6-4-36/h7-9,11,15-16,21-23,26-28,39-44H,3-6,10,12-14H2,1-2H3/t15-,16+,21+,22?,23-,26?,27?,28?/m1/s1. The summed E-state index contributed by atoms with van der Waals surface area (Å²) < 4.78 is 60.1. The molecule has 268 valence electrons. The SMILES string of the molecule is C[C@H](O)C(C(O)[C@@H](CO)OCSC(OC(CO)[C@@H](C)O)[C@@H](O)Cn1cc(-c2cc(F)c(F)c(F)c2)nn1)n1cc(N2CCOCC2)nn1. The highest BCUT2D eigenvalue weighted by Crippen LogP contribution is 2.27. The Labute approximate surface area is 277 Å². The Bertz CT molecular complexity index is 1410. The van der Waals surface area contributed by atoms with Gasteiger partial charge in [-0.1, -0.05) is 22.2 Å². The lowest BCUT2D eigenvalue weighted by Gasteiger charge is -2.32. The molecule has 1 fully saturated rings. The minimum absolute atomic E-state index is 0.0115. The molecule has 3 heterocycles. The van der Waals surface area contributed by atoms with Gasteiger partial charge in [0, 0.05) is 18.7 Å². The van der Waals surface area contributed by atoms with Crippen LogP contribution in [-0.2, 0) is 20.8 Å². The lowest BCUT2D eigenvalue weighted by molar-refractivity contribution is -0.101. The second-order valence-electron chi connectivity index (χ2n) is 11.2. The van der Waals surface area contributed by atoms with E-state index >= 15 is 0 Å². The minimum Gasteiger partial charge on any atom is -0.394 e. The fraction of sp³-hybridized carbons (Fsp3) is 0.643. The number of morpholine rings is 1. The quantitative estimate of drug-likeness (QED) is 0.0712. The van der Waals surface area contributed by atoms with Crippen LogP contribution in [0.5, 0.6) is 0 Å². The van der Waals surface area contributed by atoms with Gasteiger partial charge >= 0.3 is 0 Å². The molecule has 1 aliphatic rings. The summed E-state index contributed by atoms with van der Waals surface area (Å²) in [5.74, 6) is -4.23. The van der Waals surface area contributed by atoms with Gasteiger partial charge in [-0.25, -0.2) is 22.5 Å². The van der Waals surface area contributed by atoms with Crippen LogP contribution in [0.2, 0.25) is 0 Å². The number of aliphatic hydroxyl groups excluding tert-OH is 6. The molecule has 2 aromatic heterocycles. The van der Waals surface area contributed by atoms with Crippen molar-refractivity contribution in [3.8, 4) is 11.3 Å². The Morgan fingerprint density at radius 2 is 1.58 bits per heavy atom. The third kappa shape index (κ3) is 9.61. The Kier molecular flexibility index (Phi) is 13.9. The molecule has 3 aromatic rings. The molecule has 48 heavy (non-hydrogen) atoms. The molecule has 6 N–H and O–H groups in total. The molecule has 4 unspecified atom stereocenters. The van der Waals surface area contributed by atoms with Crippen LogP contribution in [0, 0.1) is 17.5 Å². The van der Waals surface area contributed by atoms with Gasteiger partial charge in [0.05, 0.1) is 63.5 Å². The number of ether oxygens (including phenoxy) is 3. The van der Waals surface area contributed by atoms with Crippen molar-refractivity contribution in [2.45, 2.75) is 68.5 Å². The van der Waals surface area contributed by atoms with E-state index in [9.17, 15) is 43.8 Å². The molecule has 0 radical (unpaired) electrons. The van der Waals surface area contributed by atoms with Crippen LogP contribution >= 0.6 is 11.8 Å². The Hall–Kier alpha value is -2.92. The normalized spacial score (nSPS) is 19.0. The van der Waals surface area contributed by atoms with Gasteiger partial charge < -0.3 is 49.7 Å². The average molecular weight is 708 g/mol. The first-order chi connectivity index (χ1) is 22.9. The lowest BCUT2D eigenvalue weighted by atomic mass is 10.0. The van der Waals surface area contributed by atoms with Crippen molar-refractivity contribution in [3.63, 3.8) is 0 Å². The van der Waals surface area contributed by atoms with Crippen molar-refractivity contribution >= 4 is 17.6 Å². The maximum absolute atomic E-state index is 13.7. The van der Waals surface area contributed by atoms with E-state index in [2.05, 4.69) is 20.6 Å². The molecular formula is C28H40F3N7O9S. The molecular weight excluding hydrogens is 667 g/mol. The van der Waals surface area contributed by atoms with Crippen molar-refractivity contribution in [3.05, 3.63) is 42.0 Å². The van der Waals surface area contributed by atoms with Gasteiger partial charge in [0.2, 0.25) is 0 Å². The number of hydrogen-bond acceptors (Lipinski definition) is 15. The van der Waals surface area contributed by atoms with Crippen molar-refractivity contribution in [2.75, 3.05) is 50.4 Å². The molecule has 0 bridgehead atoms. The number of benzene rings is 1. The lowest BCUT2D eigenvalue weighted by Crippen LogP contribution is -2.44. The average Bonchev–Trinajstić information content (AvgIpc) is 3.73. The highest BCUT2D eigenvalue weighted by molar-refractivity contribution is 7.99. The van der Waals surface area contributed by atoms with E-state index < -0.39 is 78.8 Å². The van der Waals surface area contributed by atoms with Crippen LogP contribution in [0.4, 0.5) is 19.0 Å². The topological polar surface area (TPSA) is 214 Å². The monoisotopic (exact) mass is 707 g/mol. The van der Waals surface area contributed by atoms with Gasteiger partial charge in [-0.05, 0) is 26.0 Å². The van der Waals surface area contributed by atoms with Crippen LogP contribution in [-0.4, -0.2) is 148 Å². The predicted molar refractivity (Wildman–Crippen MR) is 163 cm³/mol. The van der Waals surface area contributed by atoms with E-state index in [0.29, 0.717) is 32.1 Å². The molecule has 16 nitrogen and oxygen atoms in total. The van der Waals surface area contributed by atoms with Gasteiger partial charge in [-0.3, -0.25) is 0 Å². The van der Waals surface area contributed by atoms with Crippen LogP contribution in [0.25, 0.3) is 11.3 Å². The predicted octanol–water partition coefficient (Wildman–Crippen LogP) is -0.713. The van der Waals surface area contributed by atoms with E-state index in [1.165, 1.54) is 24.7 Å². The largest absolute Gasteiger partial charge is 0.394 e. The summed E-state index contributed by atoms with van der Waals surface area (Å²) in [7, 11) is 0. The van der Waals surface area contributed by atoms with Crippen LogP contribution in [0.15, 0.2) is 24.5 Å². The smallest absolute Gasteiger partial charge is 0.194 e. The summed E-state index contributed by atoms with van der Waals surface area (Å²) in [5, 5.41) is 78.4. The van der Waals surface area contributed by atoms with Crippen molar-refractivity contribution in [1.82, 2.24) is 30.0 Å². The van der Waals surface area contributed by atoms with Crippen LogP contribution in [0.3, 0.4) is 0 Å². The van der Waals surface area contributed by atoms with Crippen molar-refractivity contribution in [1.29, 1.82) is 0 Å². The van der Waals surface area contributed by atoms with Crippen molar-refractivity contribution < 1.29 is 58.0 Å². The van der Waals surface area contributed by atoms with Gasteiger partial charge in [0.25, 0.3) is 0 Å². The number of rotatable bonds is 18. The number of nitrogens with zero attached hydrogens (tertiary/aromatic N) is 7. The highest BCUT2D eigenvalue weighted by atomic mass is 32.2. The summed E-state index contributed by atoms with van der Waals surface area (Å²) in [6, 6.07) is 0.429. The van der Waals surface area contributed by atoms with Crippen molar-refractivity contribution in [2.24, 2.45) is 0 Å². The maximum Gasteiger partial charge on any atom is 0.194 e. The summed E-state index contributed by atoms with van der Waals surface area (Å²) in [6.07, 6.45) is -4.71. The molecule has 1 aliphatic heterocycles. The summed E-state index contributed by atoms with van der Waals surface area (Å²) >= 11 is 0.862. The first-order valence-corrected chi connectivity index (χ1v) is 16.1. The molecule has 0 amide bonds. The number of hydrogen-bond donors (Lipinski definition) is 6. The van der Waals surface area contributed by atoms with Gasteiger partial charge in [0.1, 0.15) is 41.6 Å². The second kappa shape index (κ2) is 17.7. The first-order valence-electron chi connectivity index (χ1n) is 15.1. The van der Waals surface area contributed by atoms with E-state index in [4.69, 9.17) is 14.2 Å². The zero-order valence-electron chi connectivity index (χ0n) is 26.2. The van der Waals surface area contributed by atoms with Crippen LogP contribution in [0.1, 0.15) is 19.9 Å². The third-order valence-corrected chi connectivity index (χ3v) is 8.62. The number of thioether (sulfide) groups is 1. The molecule has 8 atom stereocenters. The zero-order chi connectivity index (χ0) is 35.0. The maximum atomic E-state index is 13.7. The number of aliphatic hydroxyl groups is 6. The van der Waals surface area contributed by atoms with Gasteiger partial charge in [0.15, 0.2) is 23.3 Å². The summed E-state index contributed by atoms with van der Waals surface area (Å²) in [6.45, 7) is 3.47.